The number of aryl methyl sites for hydroxylation is 1. The predicted octanol–water partition coefficient (Wildman–Crippen LogP) is 4.46. The van der Waals surface area contributed by atoms with E-state index in [1.165, 1.54) is 11.1 Å². The Bertz CT molecular complexity index is 1050. The van der Waals surface area contributed by atoms with E-state index in [-0.39, 0.29) is 17.5 Å². The maximum absolute atomic E-state index is 12.6. The van der Waals surface area contributed by atoms with Gasteiger partial charge < -0.3 is 20.6 Å². The molecular formula is C26H35N5O3. The molecule has 3 amide bonds. The Morgan fingerprint density at radius 1 is 1.12 bits per heavy atom. The molecule has 1 aromatic carbocycles. The first-order valence-corrected chi connectivity index (χ1v) is 11.9. The summed E-state index contributed by atoms with van der Waals surface area (Å²) in [6.07, 6.45) is 2.68. The number of anilines is 2. The molecule has 2 aromatic rings. The van der Waals surface area contributed by atoms with E-state index in [4.69, 9.17) is 0 Å². The number of urea groups is 1. The minimum atomic E-state index is -0.830. The average molecular weight is 466 g/mol. The second-order valence-electron chi connectivity index (χ2n) is 10.6. The van der Waals surface area contributed by atoms with Gasteiger partial charge in [0, 0.05) is 37.6 Å². The maximum atomic E-state index is 12.6. The highest BCUT2D eigenvalue weighted by Crippen LogP contribution is 2.34. The lowest BCUT2D eigenvalue weighted by Gasteiger charge is -2.46. The molecule has 8 heteroatoms. The minimum Gasteiger partial charge on any atom is -0.465 e. The Hall–Kier alpha value is -3.13. The predicted molar refractivity (Wildman–Crippen MR) is 133 cm³/mol. The second-order valence-corrected chi connectivity index (χ2v) is 10.6. The Balaban J connectivity index is 1.38. The molecule has 1 aliphatic heterocycles. The fourth-order valence-corrected chi connectivity index (χ4v) is 5.15. The van der Waals surface area contributed by atoms with Crippen molar-refractivity contribution in [1.29, 1.82) is 0 Å². The Labute approximate surface area is 201 Å². The normalized spacial score (nSPS) is 20.6. The largest absolute Gasteiger partial charge is 0.465 e. The van der Waals surface area contributed by atoms with Crippen molar-refractivity contribution in [3.63, 3.8) is 0 Å². The Morgan fingerprint density at radius 2 is 1.91 bits per heavy atom. The number of hydrogen-bond acceptors (Lipinski definition) is 4. The van der Waals surface area contributed by atoms with Crippen LogP contribution in [0.1, 0.15) is 37.6 Å². The molecule has 1 fully saturated rings. The standard InChI is InChI=1S/C26H35N5O3/c1-17-8-9-20(14-27-17)28-24(32)29-22-7-5-6-19-12-18(13-21(19)22)15-30-10-11-31(25(33)34)23(16-30)26(2,3)4/h5-9,14,18,23H,10-13,15-16H2,1-4H3,(H,33,34)(H2,28,29,32). The lowest BCUT2D eigenvalue weighted by molar-refractivity contribution is 0.0171. The fraction of sp³-hybridized carbons (Fsp3) is 0.500. The van der Waals surface area contributed by atoms with Crippen LogP contribution in [0.25, 0.3) is 0 Å². The Morgan fingerprint density at radius 3 is 2.59 bits per heavy atom. The van der Waals surface area contributed by atoms with Crippen molar-refractivity contribution in [2.24, 2.45) is 11.3 Å². The van der Waals surface area contributed by atoms with Crippen LogP contribution in [0, 0.1) is 18.3 Å². The van der Waals surface area contributed by atoms with E-state index in [1.807, 2.05) is 31.2 Å². The number of piperazine rings is 1. The van der Waals surface area contributed by atoms with Crippen molar-refractivity contribution in [2.45, 2.75) is 46.6 Å². The zero-order valence-corrected chi connectivity index (χ0v) is 20.5. The van der Waals surface area contributed by atoms with Crippen LogP contribution < -0.4 is 10.6 Å². The summed E-state index contributed by atoms with van der Waals surface area (Å²) in [5, 5.41) is 15.5. The van der Waals surface area contributed by atoms with Crippen LogP contribution >= 0.6 is 0 Å². The molecule has 2 unspecified atom stereocenters. The molecule has 0 bridgehead atoms. The van der Waals surface area contributed by atoms with Crippen molar-refractivity contribution >= 4 is 23.5 Å². The molecule has 0 radical (unpaired) electrons. The highest BCUT2D eigenvalue weighted by Gasteiger charge is 2.38. The molecule has 2 atom stereocenters. The van der Waals surface area contributed by atoms with Gasteiger partial charge in [0.1, 0.15) is 0 Å². The Kier molecular flexibility index (Phi) is 6.79. The topological polar surface area (TPSA) is 97.8 Å². The summed E-state index contributed by atoms with van der Waals surface area (Å²) in [7, 11) is 0. The average Bonchev–Trinajstić information content (AvgIpc) is 3.18. The van der Waals surface area contributed by atoms with Gasteiger partial charge in [0.25, 0.3) is 0 Å². The number of benzene rings is 1. The summed E-state index contributed by atoms with van der Waals surface area (Å²) < 4.78 is 0. The third kappa shape index (κ3) is 5.50. The van der Waals surface area contributed by atoms with Gasteiger partial charge in [-0.3, -0.25) is 9.88 Å². The second kappa shape index (κ2) is 9.62. The molecule has 1 saturated heterocycles. The molecule has 2 aliphatic rings. The van der Waals surface area contributed by atoms with Gasteiger partial charge in [0.05, 0.1) is 17.9 Å². The number of pyridine rings is 1. The van der Waals surface area contributed by atoms with Gasteiger partial charge >= 0.3 is 12.1 Å². The molecule has 0 spiro atoms. The zero-order chi connectivity index (χ0) is 24.5. The van der Waals surface area contributed by atoms with E-state index in [2.05, 4.69) is 47.4 Å². The summed E-state index contributed by atoms with van der Waals surface area (Å²) in [5.41, 5.74) is 4.75. The van der Waals surface area contributed by atoms with Crippen molar-refractivity contribution in [1.82, 2.24) is 14.8 Å². The maximum Gasteiger partial charge on any atom is 0.407 e. The zero-order valence-electron chi connectivity index (χ0n) is 20.5. The van der Waals surface area contributed by atoms with Crippen LogP contribution in [0.2, 0.25) is 0 Å². The number of fused-ring (bicyclic) bond motifs is 1. The lowest BCUT2D eigenvalue weighted by atomic mass is 9.84. The van der Waals surface area contributed by atoms with E-state index in [0.717, 1.165) is 43.9 Å². The highest BCUT2D eigenvalue weighted by molar-refractivity contribution is 6.00. The molecule has 1 aromatic heterocycles. The minimum absolute atomic E-state index is 0.0280. The number of carbonyl (C=O) groups excluding carboxylic acids is 1. The third-order valence-electron chi connectivity index (χ3n) is 6.92. The summed E-state index contributed by atoms with van der Waals surface area (Å²) in [6, 6.07) is 9.48. The molecule has 4 rings (SSSR count). The SMILES string of the molecule is Cc1ccc(NC(=O)Nc2cccc3c2CC(CN2CCN(C(=O)O)C(C(C)(C)C)C2)C3)cn1. The summed E-state index contributed by atoms with van der Waals surface area (Å²) in [4.78, 5) is 32.5. The van der Waals surface area contributed by atoms with Gasteiger partial charge in [-0.25, -0.2) is 9.59 Å². The number of carboxylic acid groups (broad SMARTS) is 1. The van der Waals surface area contributed by atoms with Crippen LogP contribution in [-0.2, 0) is 12.8 Å². The fourth-order valence-electron chi connectivity index (χ4n) is 5.15. The van der Waals surface area contributed by atoms with Crippen LogP contribution in [0.15, 0.2) is 36.5 Å². The first kappa shape index (κ1) is 24.0. The quantitative estimate of drug-likeness (QED) is 0.619. The monoisotopic (exact) mass is 465 g/mol. The smallest absolute Gasteiger partial charge is 0.407 e. The van der Waals surface area contributed by atoms with E-state index in [1.54, 1.807) is 11.1 Å². The molecule has 0 saturated carbocycles. The molecule has 34 heavy (non-hydrogen) atoms. The number of nitrogens with zero attached hydrogens (tertiary/aromatic N) is 3. The summed E-state index contributed by atoms with van der Waals surface area (Å²) >= 11 is 0. The van der Waals surface area contributed by atoms with Gasteiger partial charge in [-0.1, -0.05) is 32.9 Å². The van der Waals surface area contributed by atoms with Gasteiger partial charge in [0.2, 0.25) is 0 Å². The van der Waals surface area contributed by atoms with Crippen molar-refractivity contribution in [3.05, 3.63) is 53.3 Å². The van der Waals surface area contributed by atoms with E-state index >= 15 is 0 Å². The van der Waals surface area contributed by atoms with Crippen LogP contribution in [0.5, 0.6) is 0 Å². The molecule has 2 heterocycles. The molecular weight excluding hydrogens is 430 g/mol. The van der Waals surface area contributed by atoms with Crippen LogP contribution in [0.4, 0.5) is 21.0 Å². The number of nitrogens with one attached hydrogen (secondary N) is 2. The molecule has 8 nitrogen and oxygen atoms in total. The van der Waals surface area contributed by atoms with E-state index in [0.29, 0.717) is 18.2 Å². The molecule has 3 N–H and O–H groups in total. The van der Waals surface area contributed by atoms with Gasteiger partial charge in [-0.15, -0.1) is 0 Å². The van der Waals surface area contributed by atoms with E-state index < -0.39 is 6.09 Å². The van der Waals surface area contributed by atoms with Crippen LogP contribution in [0.3, 0.4) is 0 Å². The molecule has 182 valence electrons. The number of hydrogen-bond donors (Lipinski definition) is 3. The number of aromatic nitrogens is 1. The van der Waals surface area contributed by atoms with Gasteiger partial charge in [0.15, 0.2) is 0 Å². The number of carbonyl (C=O) groups is 2. The van der Waals surface area contributed by atoms with Crippen LogP contribution in [-0.4, -0.2) is 64.2 Å². The molecule has 1 aliphatic carbocycles. The summed E-state index contributed by atoms with van der Waals surface area (Å²) in [6.45, 7) is 11.2. The lowest BCUT2D eigenvalue weighted by Crippen LogP contribution is -2.59. The number of rotatable bonds is 4. The van der Waals surface area contributed by atoms with Crippen molar-refractivity contribution in [2.75, 3.05) is 36.8 Å². The number of amides is 3. The van der Waals surface area contributed by atoms with Crippen molar-refractivity contribution in [3.8, 4) is 0 Å². The van der Waals surface area contributed by atoms with E-state index in [9.17, 15) is 14.7 Å². The van der Waals surface area contributed by atoms with Crippen molar-refractivity contribution < 1.29 is 14.7 Å². The summed E-state index contributed by atoms with van der Waals surface area (Å²) in [5.74, 6) is 0.444. The first-order valence-electron chi connectivity index (χ1n) is 11.9. The highest BCUT2D eigenvalue weighted by atomic mass is 16.4. The first-order chi connectivity index (χ1) is 16.1. The van der Waals surface area contributed by atoms with Gasteiger partial charge in [-0.05, 0) is 60.4 Å². The van der Waals surface area contributed by atoms with Gasteiger partial charge in [-0.2, -0.15) is 0 Å². The third-order valence-corrected chi connectivity index (χ3v) is 6.92.